The SMILES string of the molecule is CCc1c(F)c(=O)[nH]c(=O)n1[C@@H]1O[C@H](CO[Si](C)(C)C(C)(C)C)[C@H]2OC(C)(C)O[C@H]21. The Hall–Kier alpha value is -1.33. The van der Waals surface area contributed by atoms with Gasteiger partial charge in [0.05, 0.1) is 12.3 Å². The average molecular weight is 445 g/mol. The zero-order chi connectivity index (χ0) is 22.6. The van der Waals surface area contributed by atoms with Crippen molar-refractivity contribution >= 4 is 8.32 Å². The molecule has 10 heteroatoms. The van der Waals surface area contributed by atoms with Crippen LogP contribution in [-0.2, 0) is 25.1 Å². The van der Waals surface area contributed by atoms with Crippen LogP contribution in [0.15, 0.2) is 9.59 Å². The summed E-state index contributed by atoms with van der Waals surface area (Å²) in [6.45, 7) is 16.2. The van der Waals surface area contributed by atoms with Gasteiger partial charge in [0.2, 0.25) is 5.82 Å². The normalized spacial score (nSPS) is 28.7. The maximum absolute atomic E-state index is 14.5. The highest BCUT2D eigenvalue weighted by Gasteiger charge is 2.57. The van der Waals surface area contributed by atoms with Gasteiger partial charge in [-0.25, -0.2) is 4.79 Å². The Bertz CT molecular complexity index is 919. The van der Waals surface area contributed by atoms with E-state index in [0.717, 1.165) is 4.57 Å². The van der Waals surface area contributed by atoms with Crippen molar-refractivity contribution in [2.75, 3.05) is 6.61 Å². The summed E-state index contributed by atoms with van der Waals surface area (Å²) in [6.07, 6.45) is -2.40. The van der Waals surface area contributed by atoms with Crippen LogP contribution in [0.5, 0.6) is 0 Å². The topological polar surface area (TPSA) is 91.8 Å². The lowest BCUT2D eigenvalue weighted by Crippen LogP contribution is -2.44. The van der Waals surface area contributed by atoms with Gasteiger partial charge in [-0.2, -0.15) is 4.39 Å². The lowest BCUT2D eigenvalue weighted by Gasteiger charge is -2.37. The Labute approximate surface area is 176 Å². The second kappa shape index (κ2) is 7.66. The van der Waals surface area contributed by atoms with Crippen molar-refractivity contribution in [2.45, 2.75) is 96.4 Å². The van der Waals surface area contributed by atoms with Crippen LogP contribution in [-0.4, -0.2) is 48.6 Å². The first-order valence-corrected chi connectivity index (χ1v) is 13.3. The van der Waals surface area contributed by atoms with Crippen LogP contribution in [0.25, 0.3) is 0 Å². The first kappa shape index (κ1) is 23.3. The van der Waals surface area contributed by atoms with Crippen molar-refractivity contribution < 1.29 is 23.0 Å². The number of hydrogen-bond acceptors (Lipinski definition) is 6. The monoisotopic (exact) mass is 444 g/mol. The molecule has 0 radical (unpaired) electrons. The summed E-state index contributed by atoms with van der Waals surface area (Å²) in [5.41, 5.74) is -1.79. The first-order valence-electron chi connectivity index (χ1n) is 10.4. The third-order valence-corrected chi connectivity index (χ3v) is 10.8. The van der Waals surface area contributed by atoms with Crippen molar-refractivity contribution in [3.05, 3.63) is 32.3 Å². The molecule has 170 valence electrons. The van der Waals surface area contributed by atoms with E-state index in [2.05, 4.69) is 33.9 Å². The smallest absolute Gasteiger partial charge is 0.330 e. The molecule has 0 bridgehead atoms. The van der Waals surface area contributed by atoms with Crippen LogP contribution in [0.1, 0.15) is 53.5 Å². The Morgan fingerprint density at radius 3 is 2.37 bits per heavy atom. The van der Waals surface area contributed by atoms with Crippen LogP contribution >= 0.6 is 0 Å². The molecule has 8 nitrogen and oxygen atoms in total. The molecule has 3 heterocycles. The van der Waals surface area contributed by atoms with Crippen molar-refractivity contribution in [1.29, 1.82) is 0 Å². The molecule has 1 N–H and O–H groups in total. The van der Waals surface area contributed by atoms with Gasteiger partial charge >= 0.3 is 5.69 Å². The fourth-order valence-corrected chi connectivity index (χ4v) is 4.69. The number of nitrogens with zero attached hydrogens (tertiary/aromatic N) is 1. The minimum absolute atomic E-state index is 0.0189. The van der Waals surface area contributed by atoms with Crippen LogP contribution in [0.3, 0.4) is 0 Å². The van der Waals surface area contributed by atoms with E-state index < -0.39 is 55.7 Å². The quantitative estimate of drug-likeness (QED) is 0.702. The number of halogens is 1. The van der Waals surface area contributed by atoms with Gasteiger partial charge in [0.15, 0.2) is 20.3 Å². The number of ether oxygens (including phenoxy) is 3. The Kier molecular flexibility index (Phi) is 5.96. The summed E-state index contributed by atoms with van der Waals surface area (Å²) >= 11 is 0. The van der Waals surface area contributed by atoms with E-state index in [0.29, 0.717) is 0 Å². The summed E-state index contributed by atoms with van der Waals surface area (Å²) in [4.78, 5) is 26.4. The highest BCUT2D eigenvalue weighted by molar-refractivity contribution is 6.74. The van der Waals surface area contributed by atoms with Crippen molar-refractivity contribution in [1.82, 2.24) is 9.55 Å². The molecule has 0 unspecified atom stereocenters. The Morgan fingerprint density at radius 2 is 1.80 bits per heavy atom. The summed E-state index contributed by atoms with van der Waals surface area (Å²) in [7, 11) is -2.05. The molecular weight excluding hydrogens is 411 g/mol. The van der Waals surface area contributed by atoms with Gasteiger partial charge in [0.1, 0.15) is 18.3 Å². The highest BCUT2D eigenvalue weighted by Crippen LogP contribution is 2.44. The van der Waals surface area contributed by atoms with Gasteiger partial charge in [0.25, 0.3) is 5.56 Å². The van der Waals surface area contributed by atoms with Gasteiger partial charge in [0, 0.05) is 0 Å². The molecule has 4 atom stereocenters. The first-order chi connectivity index (χ1) is 13.7. The predicted octanol–water partition coefficient (Wildman–Crippen LogP) is 2.68. The van der Waals surface area contributed by atoms with E-state index in [9.17, 15) is 14.0 Å². The van der Waals surface area contributed by atoms with Gasteiger partial charge in [-0.1, -0.05) is 27.7 Å². The van der Waals surface area contributed by atoms with Crippen LogP contribution in [0, 0.1) is 5.82 Å². The van der Waals surface area contributed by atoms with E-state index in [1.807, 2.05) is 4.98 Å². The second-order valence-corrected chi connectivity index (χ2v) is 14.8. The summed E-state index contributed by atoms with van der Waals surface area (Å²) in [5, 5.41) is 0.0189. The molecule has 2 aliphatic rings. The summed E-state index contributed by atoms with van der Waals surface area (Å²) < 4.78 is 40.2. The number of aromatic amines is 1. The lowest BCUT2D eigenvalue weighted by atomic mass is 10.1. The number of H-pyrrole nitrogens is 1. The molecule has 0 aliphatic carbocycles. The molecule has 0 spiro atoms. The molecular formula is C20H33FN2O6Si. The van der Waals surface area contributed by atoms with Gasteiger partial charge < -0.3 is 18.6 Å². The predicted molar refractivity (Wildman–Crippen MR) is 112 cm³/mol. The molecule has 2 aliphatic heterocycles. The summed E-state index contributed by atoms with van der Waals surface area (Å²) in [6, 6.07) is 0. The zero-order valence-electron chi connectivity index (χ0n) is 19.0. The molecule has 2 saturated heterocycles. The van der Waals surface area contributed by atoms with E-state index in [1.54, 1.807) is 20.8 Å². The van der Waals surface area contributed by atoms with E-state index >= 15 is 0 Å². The maximum Gasteiger partial charge on any atom is 0.330 e. The molecule has 0 amide bonds. The number of fused-ring (bicyclic) bond motifs is 1. The number of hydrogen-bond donors (Lipinski definition) is 1. The number of rotatable bonds is 5. The second-order valence-electron chi connectivity index (χ2n) is 9.94. The largest absolute Gasteiger partial charge is 0.414 e. The van der Waals surface area contributed by atoms with E-state index in [1.165, 1.54) is 0 Å². The number of aromatic nitrogens is 2. The lowest BCUT2D eigenvalue weighted by molar-refractivity contribution is -0.200. The fraction of sp³-hybridized carbons (Fsp3) is 0.800. The molecule has 1 aromatic heterocycles. The van der Waals surface area contributed by atoms with Crippen molar-refractivity contribution in [2.24, 2.45) is 0 Å². The van der Waals surface area contributed by atoms with Crippen molar-refractivity contribution in [3.8, 4) is 0 Å². The number of nitrogens with one attached hydrogen (secondary N) is 1. The van der Waals surface area contributed by atoms with E-state index in [4.69, 9.17) is 18.6 Å². The minimum Gasteiger partial charge on any atom is -0.414 e. The Morgan fingerprint density at radius 1 is 1.20 bits per heavy atom. The molecule has 30 heavy (non-hydrogen) atoms. The van der Waals surface area contributed by atoms with E-state index in [-0.39, 0.29) is 23.8 Å². The molecule has 0 saturated carbocycles. The third-order valence-electron chi connectivity index (χ3n) is 6.31. The molecule has 2 fully saturated rings. The van der Waals surface area contributed by atoms with Gasteiger partial charge in [-0.05, 0) is 38.4 Å². The minimum atomic E-state index is -2.05. The molecule has 1 aromatic rings. The van der Waals surface area contributed by atoms with Gasteiger partial charge in [-0.15, -0.1) is 0 Å². The van der Waals surface area contributed by atoms with Gasteiger partial charge in [-0.3, -0.25) is 14.3 Å². The highest BCUT2D eigenvalue weighted by atomic mass is 28.4. The fourth-order valence-electron chi connectivity index (χ4n) is 3.67. The van der Waals surface area contributed by atoms with Crippen molar-refractivity contribution in [3.63, 3.8) is 0 Å². The standard InChI is InChI=1S/C20H33FN2O6Si/c1-9-11-13(21)16(24)22-18(25)23(11)17-15-14(28-20(5,6)29-15)12(27-17)10-26-30(7,8)19(2,3)4/h12,14-15,17H,9-10H2,1-8H3,(H,22,24,25)/t12-,14-,15-,17-/m1/s1. The van der Waals surface area contributed by atoms with Crippen LogP contribution < -0.4 is 11.2 Å². The molecule has 0 aromatic carbocycles. The van der Waals surface area contributed by atoms with Crippen LogP contribution in [0.2, 0.25) is 18.1 Å². The maximum atomic E-state index is 14.5. The zero-order valence-corrected chi connectivity index (χ0v) is 20.0. The average Bonchev–Trinajstić information content (AvgIpc) is 3.08. The summed E-state index contributed by atoms with van der Waals surface area (Å²) in [5.74, 6) is -1.88. The Balaban J connectivity index is 1.96. The van der Waals surface area contributed by atoms with Crippen LogP contribution in [0.4, 0.5) is 4.39 Å². The third kappa shape index (κ3) is 4.07. The molecule has 3 rings (SSSR count).